The molecule has 92 valence electrons. The van der Waals surface area contributed by atoms with Gasteiger partial charge in [0, 0.05) is 5.41 Å². The lowest BCUT2D eigenvalue weighted by Gasteiger charge is -2.23. The first-order chi connectivity index (χ1) is 6.96. The highest BCUT2D eigenvalue weighted by Gasteiger charge is 2.53. The summed E-state index contributed by atoms with van der Waals surface area (Å²) in [6.07, 6.45) is -4.63. The molecule has 16 heavy (non-hydrogen) atoms. The lowest BCUT2D eigenvalue weighted by atomic mass is 9.96. The van der Waals surface area contributed by atoms with Gasteiger partial charge in [0.15, 0.2) is 11.4 Å². The molecular formula is C9H14F3N3O. The molecule has 1 atom stereocenters. The lowest BCUT2D eigenvalue weighted by Crippen LogP contribution is -2.48. The molecule has 4 nitrogen and oxygen atoms in total. The van der Waals surface area contributed by atoms with E-state index in [0.29, 0.717) is 0 Å². The first-order valence-corrected chi connectivity index (χ1v) is 4.66. The van der Waals surface area contributed by atoms with Crippen LogP contribution in [0.3, 0.4) is 0 Å². The number of nitrogens with zero attached hydrogens (tertiary/aromatic N) is 2. The van der Waals surface area contributed by atoms with Crippen molar-refractivity contribution in [3.8, 4) is 0 Å². The molecule has 0 fully saturated rings. The Labute approximate surface area is 91.0 Å². The van der Waals surface area contributed by atoms with Crippen molar-refractivity contribution >= 4 is 0 Å². The molecule has 0 aliphatic heterocycles. The number of nitrogens with two attached hydrogens (primary N) is 1. The molecule has 1 heterocycles. The van der Waals surface area contributed by atoms with E-state index in [-0.39, 0.29) is 5.82 Å². The summed E-state index contributed by atoms with van der Waals surface area (Å²) in [5.74, 6) is -0.423. The summed E-state index contributed by atoms with van der Waals surface area (Å²) in [7, 11) is 0. The van der Waals surface area contributed by atoms with Crippen LogP contribution in [0.5, 0.6) is 0 Å². The highest BCUT2D eigenvalue weighted by Crippen LogP contribution is 2.36. The SMILES string of the molecule is CC(C)(C)c1noc(C(C)(N)C(F)(F)F)n1. The molecule has 0 radical (unpaired) electrons. The predicted octanol–water partition coefficient (Wildman–Crippen LogP) is 2.10. The van der Waals surface area contributed by atoms with Gasteiger partial charge in [-0.3, -0.25) is 0 Å². The van der Waals surface area contributed by atoms with Crippen LogP contribution in [0, 0.1) is 0 Å². The molecule has 1 unspecified atom stereocenters. The average Bonchev–Trinajstić information content (AvgIpc) is 2.47. The summed E-state index contributed by atoms with van der Waals surface area (Å²) in [6.45, 7) is 6.10. The van der Waals surface area contributed by atoms with Crippen LogP contribution in [-0.4, -0.2) is 16.3 Å². The molecule has 0 spiro atoms. The highest BCUT2D eigenvalue weighted by molar-refractivity contribution is 5.08. The molecule has 1 aromatic heterocycles. The Kier molecular flexibility index (Phi) is 2.79. The number of hydrogen-bond donors (Lipinski definition) is 1. The standard InChI is InChI=1S/C9H14F3N3O/c1-7(2,3)5-14-6(16-15-5)8(4,13)9(10,11)12/h13H2,1-4H3. The van der Waals surface area contributed by atoms with E-state index in [1.54, 1.807) is 20.8 Å². The Bertz CT molecular complexity index is 376. The van der Waals surface area contributed by atoms with Gasteiger partial charge in [0.25, 0.3) is 5.89 Å². The smallest absolute Gasteiger partial charge is 0.337 e. The molecule has 0 aromatic carbocycles. The molecule has 0 saturated carbocycles. The Hall–Kier alpha value is -1.11. The topological polar surface area (TPSA) is 64.9 Å². The fourth-order valence-corrected chi connectivity index (χ4v) is 0.860. The van der Waals surface area contributed by atoms with Crippen LogP contribution in [0.2, 0.25) is 0 Å². The van der Waals surface area contributed by atoms with Crippen molar-refractivity contribution in [1.29, 1.82) is 0 Å². The maximum atomic E-state index is 12.6. The van der Waals surface area contributed by atoms with Crippen molar-refractivity contribution < 1.29 is 17.7 Å². The van der Waals surface area contributed by atoms with Gasteiger partial charge >= 0.3 is 6.18 Å². The minimum atomic E-state index is -4.63. The van der Waals surface area contributed by atoms with E-state index in [9.17, 15) is 13.2 Å². The van der Waals surface area contributed by atoms with Crippen molar-refractivity contribution in [2.75, 3.05) is 0 Å². The van der Waals surface area contributed by atoms with Gasteiger partial charge in [-0.1, -0.05) is 25.9 Å². The molecule has 1 aromatic rings. The van der Waals surface area contributed by atoms with Crippen LogP contribution in [-0.2, 0) is 11.0 Å². The summed E-state index contributed by atoms with van der Waals surface area (Å²) >= 11 is 0. The van der Waals surface area contributed by atoms with Crippen molar-refractivity contribution in [3.63, 3.8) is 0 Å². The number of hydrogen-bond acceptors (Lipinski definition) is 4. The first-order valence-electron chi connectivity index (χ1n) is 4.66. The molecule has 0 saturated heterocycles. The molecule has 0 aliphatic rings. The van der Waals surface area contributed by atoms with E-state index in [4.69, 9.17) is 5.73 Å². The van der Waals surface area contributed by atoms with Crippen LogP contribution in [0.1, 0.15) is 39.4 Å². The van der Waals surface area contributed by atoms with E-state index in [1.165, 1.54) is 0 Å². The number of halogens is 3. The van der Waals surface area contributed by atoms with Crippen LogP contribution in [0.25, 0.3) is 0 Å². The Balaban J connectivity index is 3.13. The summed E-state index contributed by atoms with van der Waals surface area (Å²) in [5.41, 5.74) is 2.05. The van der Waals surface area contributed by atoms with Gasteiger partial charge in [-0.15, -0.1) is 0 Å². The molecule has 0 aliphatic carbocycles. The van der Waals surface area contributed by atoms with Crippen LogP contribution < -0.4 is 5.73 Å². The van der Waals surface area contributed by atoms with Gasteiger partial charge in [-0.05, 0) is 6.92 Å². The van der Waals surface area contributed by atoms with Gasteiger partial charge in [0.05, 0.1) is 0 Å². The van der Waals surface area contributed by atoms with Crippen LogP contribution >= 0.6 is 0 Å². The third-order valence-electron chi connectivity index (χ3n) is 2.13. The fraction of sp³-hybridized carbons (Fsp3) is 0.778. The maximum absolute atomic E-state index is 12.6. The predicted molar refractivity (Wildman–Crippen MR) is 50.6 cm³/mol. The van der Waals surface area contributed by atoms with Gasteiger partial charge in [0.2, 0.25) is 0 Å². The average molecular weight is 237 g/mol. The molecular weight excluding hydrogens is 223 g/mol. The van der Waals surface area contributed by atoms with Gasteiger partial charge in [0.1, 0.15) is 0 Å². The van der Waals surface area contributed by atoms with E-state index < -0.39 is 23.0 Å². The molecule has 0 amide bonds. The second-order valence-corrected chi connectivity index (χ2v) is 4.87. The summed E-state index contributed by atoms with van der Waals surface area (Å²) in [5, 5.41) is 3.50. The minimum absolute atomic E-state index is 0.198. The van der Waals surface area contributed by atoms with Gasteiger partial charge < -0.3 is 10.3 Å². The fourth-order valence-electron chi connectivity index (χ4n) is 0.860. The van der Waals surface area contributed by atoms with Crippen molar-refractivity contribution in [2.24, 2.45) is 5.73 Å². The van der Waals surface area contributed by atoms with E-state index >= 15 is 0 Å². The van der Waals surface area contributed by atoms with Crippen LogP contribution in [0.4, 0.5) is 13.2 Å². The van der Waals surface area contributed by atoms with Gasteiger partial charge in [-0.2, -0.15) is 18.2 Å². The van der Waals surface area contributed by atoms with E-state index in [2.05, 4.69) is 14.7 Å². The van der Waals surface area contributed by atoms with Gasteiger partial charge in [-0.25, -0.2) is 0 Å². The van der Waals surface area contributed by atoms with Crippen molar-refractivity contribution in [2.45, 2.75) is 44.8 Å². The molecule has 1 rings (SSSR count). The third-order valence-corrected chi connectivity index (χ3v) is 2.13. The maximum Gasteiger partial charge on any atom is 0.415 e. The number of rotatable bonds is 1. The molecule has 0 bridgehead atoms. The Morgan fingerprint density at radius 3 is 1.94 bits per heavy atom. The quantitative estimate of drug-likeness (QED) is 0.812. The van der Waals surface area contributed by atoms with Crippen LogP contribution in [0.15, 0.2) is 4.52 Å². The minimum Gasteiger partial charge on any atom is -0.337 e. The highest BCUT2D eigenvalue weighted by atomic mass is 19.4. The molecule has 2 N–H and O–H groups in total. The molecule has 7 heteroatoms. The number of aromatic nitrogens is 2. The zero-order valence-corrected chi connectivity index (χ0v) is 9.51. The van der Waals surface area contributed by atoms with Crippen molar-refractivity contribution in [1.82, 2.24) is 10.1 Å². The van der Waals surface area contributed by atoms with E-state index in [1.807, 2.05) is 0 Å². The lowest BCUT2D eigenvalue weighted by molar-refractivity contribution is -0.190. The second-order valence-electron chi connectivity index (χ2n) is 4.87. The third kappa shape index (κ3) is 2.18. The number of alkyl halides is 3. The summed E-state index contributed by atoms with van der Waals surface area (Å²) < 4.78 is 42.3. The second kappa shape index (κ2) is 3.44. The summed E-state index contributed by atoms with van der Waals surface area (Å²) in [4.78, 5) is 3.70. The van der Waals surface area contributed by atoms with E-state index in [0.717, 1.165) is 6.92 Å². The monoisotopic (exact) mass is 237 g/mol. The first kappa shape index (κ1) is 13.0. The Morgan fingerprint density at radius 2 is 1.62 bits per heavy atom. The Morgan fingerprint density at radius 1 is 1.12 bits per heavy atom. The zero-order valence-electron chi connectivity index (χ0n) is 9.51. The normalized spacial score (nSPS) is 17.2. The zero-order chi connectivity index (χ0) is 12.8. The largest absolute Gasteiger partial charge is 0.415 e. The summed E-state index contributed by atoms with van der Waals surface area (Å²) in [6, 6.07) is 0. The van der Waals surface area contributed by atoms with Crippen molar-refractivity contribution in [3.05, 3.63) is 11.7 Å².